The molecule has 0 saturated carbocycles. The minimum Gasteiger partial charge on any atom is -0.491 e. The molecular formula is C20H27NO4S. The van der Waals surface area contributed by atoms with Gasteiger partial charge in [0.1, 0.15) is 18.5 Å². The molecule has 26 heavy (non-hydrogen) atoms. The first-order valence-electron chi connectivity index (χ1n) is 8.51. The fraction of sp³-hybridized carbons (Fsp3) is 0.400. The maximum Gasteiger partial charge on any atom is 0.232 e. The van der Waals surface area contributed by atoms with Gasteiger partial charge in [0.05, 0.1) is 18.5 Å². The van der Waals surface area contributed by atoms with Crippen LogP contribution in [0.4, 0.5) is 5.69 Å². The van der Waals surface area contributed by atoms with E-state index in [1.807, 2.05) is 64.1 Å². The van der Waals surface area contributed by atoms with Gasteiger partial charge in [0, 0.05) is 0 Å². The van der Waals surface area contributed by atoms with Crippen LogP contribution in [0.1, 0.15) is 22.3 Å². The third-order valence-corrected chi connectivity index (χ3v) is 5.32. The van der Waals surface area contributed by atoms with Crippen molar-refractivity contribution in [2.45, 2.75) is 33.8 Å². The summed E-state index contributed by atoms with van der Waals surface area (Å²) in [5.74, 6) is 0.681. The zero-order valence-electron chi connectivity index (χ0n) is 16.0. The molecule has 0 bridgehead atoms. The topological polar surface area (TPSA) is 66.8 Å². The maximum atomic E-state index is 12.4. The van der Waals surface area contributed by atoms with Gasteiger partial charge in [0.25, 0.3) is 0 Å². The Kier molecular flexibility index (Phi) is 6.31. The Bertz CT molecular complexity index is 854. The number of sulfonamides is 1. The summed E-state index contributed by atoms with van der Waals surface area (Å²) in [5.41, 5.74) is 4.37. The number of aliphatic hydroxyl groups excluding tert-OH is 1. The third-order valence-electron chi connectivity index (χ3n) is 4.19. The van der Waals surface area contributed by atoms with Gasteiger partial charge >= 0.3 is 0 Å². The Labute approximate surface area is 156 Å². The summed E-state index contributed by atoms with van der Waals surface area (Å²) in [5, 5.41) is 10.4. The summed E-state index contributed by atoms with van der Waals surface area (Å²) in [4.78, 5) is 0. The number of ether oxygens (including phenoxy) is 1. The van der Waals surface area contributed by atoms with Crippen LogP contribution in [0.3, 0.4) is 0 Å². The Balaban J connectivity index is 2.20. The predicted octanol–water partition coefficient (Wildman–Crippen LogP) is 3.13. The number of benzene rings is 2. The van der Waals surface area contributed by atoms with E-state index in [1.165, 1.54) is 4.31 Å². The molecule has 0 heterocycles. The second-order valence-electron chi connectivity index (χ2n) is 6.77. The zero-order chi connectivity index (χ0) is 19.5. The molecule has 2 rings (SSSR count). The highest BCUT2D eigenvalue weighted by Gasteiger charge is 2.24. The highest BCUT2D eigenvalue weighted by molar-refractivity contribution is 7.92. The van der Waals surface area contributed by atoms with E-state index in [0.29, 0.717) is 11.4 Å². The van der Waals surface area contributed by atoms with Crippen molar-refractivity contribution in [3.63, 3.8) is 0 Å². The van der Waals surface area contributed by atoms with E-state index in [2.05, 4.69) is 0 Å². The van der Waals surface area contributed by atoms with Crippen LogP contribution in [-0.2, 0) is 10.0 Å². The molecule has 6 heteroatoms. The largest absolute Gasteiger partial charge is 0.491 e. The fourth-order valence-electron chi connectivity index (χ4n) is 3.11. The molecule has 0 aliphatic heterocycles. The Hall–Kier alpha value is -2.05. The normalized spacial score (nSPS) is 12.7. The van der Waals surface area contributed by atoms with Crippen molar-refractivity contribution < 1.29 is 18.3 Å². The molecule has 2 aromatic carbocycles. The molecule has 0 aliphatic rings. The van der Waals surface area contributed by atoms with E-state index >= 15 is 0 Å². The van der Waals surface area contributed by atoms with Gasteiger partial charge in [-0.1, -0.05) is 35.9 Å². The van der Waals surface area contributed by atoms with Crippen LogP contribution in [0.5, 0.6) is 5.75 Å². The monoisotopic (exact) mass is 377 g/mol. The Morgan fingerprint density at radius 2 is 1.62 bits per heavy atom. The van der Waals surface area contributed by atoms with Crippen LogP contribution in [0.25, 0.3) is 0 Å². The summed E-state index contributed by atoms with van der Waals surface area (Å²) in [6.07, 6.45) is 0.199. The molecule has 0 saturated heterocycles. The number of hydrogen-bond donors (Lipinski definition) is 1. The van der Waals surface area contributed by atoms with E-state index in [4.69, 9.17) is 4.74 Å². The number of para-hydroxylation sites is 1. The Morgan fingerprint density at radius 3 is 2.15 bits per heavy atom. The lowest BCUT2D eigenvalue weighted by molar-refractivity contribution is 0.114. The SMILES string of the molecule is Cc1cc(C)c(N(CC(O)COc2ccccc2C)S(C)(=O)=O)c(C)c1. The first kappa shape index (κ1) is 20.3. The van der Waals surface area contributed by atoms with E-state index in [1.54, 1.807) is 0 Å². The van der Waals surface area contributed by atoms with E-state index in [-0.39, 0.29) is 13.2 Å². The standard InChI is InChI=1S/C20H27NO4S/c1-14-10-16(3)20(17(4)11-14)21(26(5,23)24)12-18(22)13-25-19-9-7-6-8-15(19)2/h6-11,18,22H,12-13H2,1-5H3. The molecule has 0 radical (unpaired) electrons. The highest BCUT2D eigenvalue weighted by atomic mass is 32.2. The Morgan fingerprint density at radius 1 is 1.04 bits per heavy atom. The molecule has 1 atom stereocenters. The number of nitrogens with zero attached hydrogens (tertiary/aromatic N) is 1. The van der Waals surface area contributed by atoms with Gasteiger partial charge in [-0.3, -0.25) is 4.31 Å². The van der Waals surface area contributed by atoms with Gasteiger partial charge in [0.2, 0.25) is 10.0 Å². The summed E-state index contributed by atoms with van der Waals surface area (Å²) in [6.45, 7) is 7.60. The second-order valence-corrected chi connectivity index (χ2v) is 8.68. The van der Waals surface area contributed by atoms with Crippen LogP contribution in [0, 0.1) is 27.7 Å². The fourth-order valence-corrected chi connectivity index (χ4v) is 4.17. The average Bonchev–Trinajstić information content (AvgIpc) is 2.51. The third kappa shape index (κ3) is 4.99. The van der Waals surface area contributed by atoms with Crippen molar-refractivity contribution in [1.29, 1.82) is 0 Å². The molecule has 2 aromatic rings. The molecule has 0 aliphatic carbocycles. The van der Waals surface area contributed by atoms with Crippen molar-refractivity contribution in [2.24, 2.45) is 0 Å². The van der Waals surface area contributed by atoms with Gasteiger partial charge < -0.3 is 9.84 Å². The first-order chi connectivity index (χ1) is 12.1. The minimum absolute atomic E-state index is 0.0147. The minimum atomic E-state index is -3.54. The van der Waals surface area contributed by atoms with Crippen LogP contribution in [0.2, 0.25) is 0 Å². The summed E-state index contributed by atoms with van der Waals surface area (Å²) >= 11 is 0. The predicted molar refractivity (Wildman–Crippen MR) is 106 cm³/mol. The molecule has 0 amide bonds. The summed E-state index contributed by atoms with van der Waals surface area (Å²) in [6, 6.07) is 11.4. The number of anilines is 1. The van der Waals surface area contributed by atoms with Crippen molar-refractivity contribution in [1.82, 2.24) is 0 Å². The molecular weight excluding hydrogens is 350 g/mol. The quantitative estimate of drug-likeness (QED) is 0.805. The summed E-state index contributed by atoms with van der Waals surface area (Å²) < 4.78 is 31.6. The van der Waals surface area contributed by atoms with Gasteiger partial charge in [-0.15, -0.1) is 0 Å². The van der Waals surface area contributed by atoms with E-state index in [0.717, 1.165) is 28.5 Å². The van der Waals surface area contributed by atoms with Crippen LogP contribution < -0.4 is 9.04 Å². The van der Waals surface area contributed by atoms with Crippen molar-refractivity contribution in [2.75, 3.05) is 23.7 Å². The lowest BCUT2D eigenvalue weighted by Gasteiger charge is -2.28. The van der Waals surface area contributed by atoms with E-state index < -0.39 is 16.1 Å². The van der Waals surface area contributed by atoms with Gasteiger partial charge in [-0.05, 0) is 50.5 Å². The van der Waals surface area contributed by atoms with Crippen molar-refractivity contribution in [3.05, 3.63) is 58.7 Å². The van der Waals surface area contributed by atoms with Crippen LogP contribution in [-0.4, -0.2) is 39.0 Å². The smallest absolute Gasteiger partial charge is 0.232 e. The molecule has 0 aromatic heterocycles. The maximum absolute atomic E-state index is 12.4. The molecule has 0 spiro atoms. The molecule has 1 unspecified atom stereocenters. The molecule has 0 fully saturated rings. The number of hydrogen-bond acceptors (Lipinski definition) is 4. The van der Waals surface area contributed by atoms with E-state index in [9.17, 15) is 13.5 Å². The lowest BCUT2D eigenvalue weighted by atomic mass is 10.0. The average molecular weight is 378 g/mol. The van der Waals surface area contributed by atoms with Crippen LogP contribution >= 0.6 is 0 Å². The zero-order valence-corrected chi connectivity index (χ0v) is 16.8. The van der Waals surface area contributed by atoms with Gasteiger partial charge in [-0.2, -0.15) is 0 Å². The highest BCUT2D eigenvalue weighted by Crippen LogP contribution is 2.28. The molecule has 142 valence electrons. The summed E-state index contributed by atoms with van der Waals surface area (Å²) in [7, 11) is -3.54. The molecule has 5 nitrogen and oxygen atoms in total. The number of aliphatic hydroxyl groups is 1. The first-order valence-corrected chi connectivity index (χ1v) is 10.4. The lowest BCUT2D eigenvalue weighted by Crippen LogP contribution is -2.40. The van der Waals surface area contributed by atoms with Crippen molar-refractivity contribution in [3.8, 4) is 5.75 Å². The van der Waals surface area contributed by atoms with Gasteiger partial charge in [-0.25, -0.2) is 8.42 Å². The van der Waals surface area contributed by atoms with Crippen molar-refractivity contribution >= 4 is 15.7 Å². The van der Waals surface area contributed by atoms with Crippen LogP contribution in [0.15, 0.2) is 36.4 Å². The number of rotatable bonds is 7. The molecule has 1 N–H and O–H groups in total. The number of aryl methyl sites for hydroxylation is 4. The second kappa shape index (κ2) is 8.10. The van der Waals surface area contributed by atoms with Gasteiger partial charge in [0.15, 0.2) is 0 Å².